The molecule has 40 heavy (non-hydrogen) atoms. The van der Waals surface area contributed by atoms with Crippen molar-refractivity contribution < 1.29 is 19.1 Å². The van der Waals surface area contributed by atoms with Crippen LogP contribution in [-0.4, -0.2) is 70.5 Å². The molecule has 0 saturated heterocycles. The Bertz CT molecular complexity index is 1690. The summed E-state index contributed by atoms with van der Waals surface area (Å²) in [5, 5.41) is 14.9. The van der Waals surface area contributed by atoms with E-state index < -0.39 is 0 Å². The van der Waals surface area contributed by atoms with Gasteiger partial charge in [-0.25, -0.2) is 0 Å². The Morgan fingerprint density at radius 3 is 2.83 bits per heavy atom. The van der Waals surface area contributed by atoms with Crippen molar-refractivity contribution in [1.82, 2.24) is 30.6 Å². The molecule has 0 radical (unpaired) electrons. The van der Waals surface area contributed by atoms with Crippen molar-refractivity contribution in [2.75, 3.05) is 33.4 Å². The standard InChI is InChI=1S/C30H30N6O4/c1-39-27-10-7-19-15-25-22(21-5-2-3-6-23(21)32-25)11-12-31-29(37)18-36(13-4-14-40-28(27)16-19)30(38)20-8-9-24-26(17-20)34-35-33-24/h2-3,5-10,16-17,32H,4,11-15,18H2,1H3,(H,31,37)(H,33,34,35). The molecule has 0 fully saturated rings. The Balaban J connectivity index is 1.30. The average molecular weight is 539 g/mol. The number of carbonyl (C=O) groups excluding carboxylic acids is 2. The van der Waals surface area contributed by atoms with Crippen molar-refractivity contribution in [3.8, 4) is 11.5 Å². The maximum absolute atomic E-state index is 13.5. The lowest BCUT2D eigenvalue weighted by Gasteiger charge is -2.23. The third-order valence-electron chi connectivity index (χ3n) is 7.22. The lowest BCUT2D eigenvalue weighted by Crippen LogP contribution is -2.42. The smallest absolute Gasteiger partial charge is 0.254 e. The van der Waals surface area contributed by atoms with Crippen LogP contribution < -0.4 is 14.8 Å². The zero-order valence-electron chi connectivity index (χ0n) is 22.2. The van der Waals surface area contributed by atoms with Gasteiger partial charge >= 0.3 is 0 Å². The molecule has 2 amide bonds. The molecule has 0 aliphatic carbocycles. The van der Waals surface area contributed by atoms with Gasteiger partial charge in [0.05, 0.1) is 20.3 Å². The lowest BCUT2D eigenvalue weighted by atomic mass is 10.0. The predicted octanol–water partition coefficient (Wildman–Crippen LogP) is 3.62. The van der Waals surface area contributed by atoms with Gasteiger partial charge in [-0.1, -0.05) is 24.3 Å². The van der Waals surface area contributed by atoms with Gasteiger partial charge in [0.2, 0.25) is 5.91 Å². The van der Waals surface area contributed by atoms with Crippen LogP contribution in [0.25, 0.3) is 21.9 Å². The van der Waals surface area contributed by atoms with Crippen LogP contribution in [0.5, 0.6) is 11.5 Å². The van der Waals surface area contributed by atoms with Crippen molar-refractivity contribution >= 4 is 33.8 Å². The Kier molecular flexibility index (Phi) is 7.05. The first-order chi connectivity index (χ1) is 19.6. The number of para-hydroxylation sites is 1. The summed E-state index contributed by atoms with van der Waals surface area (Å²) < 4.78 is 11.7. The number of nitrogens with one attached hydrogen (secondary N) is 3. The highest BCUT2D eigenvalue weighted by Crippen LogP contribution is 2.31. The number of amides is 2. The highest BCUT2D eigenvalue weighted by molar-refractivity contribution is 5.99. The van der Waals surface area contributed by atoms with Crippen LogP contribution in [-0.2, 0) is 17.6 Å². The molecular formula is C30H30N6O4. The predicted molar refractivity (Wildman–Crippen MR) is 151 cm³/mol. The Morgan fingerprint density at radius 2 is 1.93 bits per heavy atom. The molecule has 5 aromatic rings. The first kappa shape index (κ1) is 25.4. The zero-order chi connectivity index (χ0) is 27.5. The van der Waals surface area contributed by atoms with Crippen molar-refractivity contribution in [1.29, 1.82) is 0 Å². The first-order valence-electron chi connectivity index (χ1n) is 13.3. The van der Waals surface area contributed by atoms with Crippen molar-refractivity contribution in [2.45, 2.75) is 19.3 Å². The number of aromatic nitrogens is 4. The van der Waals surface area contributed by atoms with Crippen molar-refractivity contribution in [3.05, 3.63) is 83.0 Å². The van der Waals surface area contributed by atoms with E-state index in [0.29, 0.717) is 67.1 Å². The van der Waals surface area contributed by atoms with E-state index in [4.69, 9.17) is 9.47 Å². The molecular weight excluding hydrogens is 508 g/mol. The highest BCUT2D eigenvalue weighted by atomic mass is 16.5. The lowest BCUT2D eigenvalue weighted by molar-refractivity contribution is -0.121. The second-order valence-electron chi connectivity index (χ2n) is 9.85. The molecule has 1 aliphatic rings. The third kappa shape index (κ3) is 5.20. The van der Waals surface area contributed by atoms with Crippen LogP contribution in [0.2, 0.25) is 0 Å². The summed E-state index contributed by atoms with van der Waals surface area (Å²) >= 11 is 0. The molecule has 6 rings (SSSR count). The van der Waals surface area contributed by atoms with E-state index in [1.54, 1.807) is 30.2 Å². The van der Waals surface area contributed by atoms with Crippen LogP contribution in [0.3, 0.4) is 0 Å². The van der Waals surface area contributed by atoms with Crippen molar-refractivity contribution in [3.63, 3.8) is 0 Å². The van der Waals surface area contributed by atoms with Gasteiger partial charge in [-0.3, -0.25) is 9.59 Å². The molecule has 3 N–H and O–H groups in total. The number of fused-ring (bicyclic) bond motifs is 6. The van der Waals surface area contributed by atoms with Gasteiger partial charge < -0.3 is 24.7 Å². The monoisotopic (exact) mass is 538 g/mol. The molecule has 0 spiro atoms. The molecule has 1 aliphatic heterocycles. The quantitative estimate of drug-likeness (QED) is 0.315. The number of H-pyrrole nitrogens is 2. The van der Waals surface area contributed by atoms with Crippen LogP contribution >= 0.6 is 0 Å². The van der Waals surface area contributed by atoms with Gasteiger partial charge in [0.25, 0.3) is 5.91 Å². The molecule has 3 heterocycles. The average Bonchev–Trinajstić information content (AvgIpc) is 3.58. The third-order valence-corrected chi connectivity index (χ3v) is 7.22. The summed E-state index contributed by atoms with van der Waals surface area (Å²) in [6, 6.07) is 19.3. The number of hydrogen-bond donors (Lipinski definition) is 3. The number of benzene rings is 3. The fraction of sp³-hybridized carbons (Fsp3) is 0.267. The fourth-order valence-corrected chi connectivity index (χ4v) is 5.24. The summed E-state index contributed by atoms with van der Waals surface area (Å²) in [6.45, 7) is 1.09. The molecule has 2 aromatic heterocycles. The van der Waals surface area contributed by atoms with Gasteiger partial charge in [-0.05, 0) is 60.4 Å². The fourth-order valence-electron chi connectivity index (χ4n) is 5.24. The first-order valence-corrected chi connectivity index (χ1v) is 13.3. The summed E-state index contributed by atoms with van der Waals surface area (Å²) in [4.78, 5) is 31.6. The largest absolute Gasteiger partial charge is 0.493 e. The second kappa shape index (κ2) is 11.1. The van der Waals surface area contributed by atoms with Crippen LogP contribution in [0.15, 0.2) is 60.7 Å². The van der Waals surface area contributed by atoms with Gasteiger partial charge in [0, 0.05) is 41.7 Å². The molecule has 0 unspecified atom stereocenters. The van der Waals surface area contributed by atoms with E-state index in [0.717, 1.165) is 27.7 Å². The number of methoxy groups -OCH3 is 1. The molecule has 0 atom stereocenters. The van der Waals surface area contributed by atoms with Gasteiger partial charge in [0.1, 0.15) is 11.0 Å². The molecule has 3 aromatic carbocycles. The maximum atomic E-state index is 13.5. The van der Waals surface area contributed by atoms with Crippen LogP contribution in [0.1, 0.15) is 33.6 Å². The van der Waals surface area contributed by atoms with E-state index in [2.05, 4.69) is 37.8 Å². The highest BCUT2D eigenvalue weighted by Gasteiger charge is 2.21. The van der Waals surface area contributed by atoms with Crippen molar-refractivity contribution in [2.24, 2.45) is 0 Å². The molecule has 10 nitrogen and oxygen atoms in total. The van der Waals surface area contributed by atoms with Crippen LogP contribution in [0, 0.1) is 0 Å². The number of hydrogen-bond acceptors (Lipinski definition) is 6. The SMILES string of the molecule is COc1ccc2cc1OCCCN(C(=O)c1ccc3n[nH]nc3c1)CC(=O)NCCc1c([nH]c3ccccc13)C2. The zero-order valence-corrected chi connectivity index (χ0v) is 22.2. The normalized spacial score (nSPS) is 14.9. The summed E-state index contributed by atoms with van der Waals surface area (Å²) in [5.74, 6) is 0.837. The molecule has 0 saturated carbocycles. The molecule has 2 bridgehead atoms. The van der Waals surface area contributed by atoms with E-state index in [9.17, 15) is 9.59 Å². The Morgan fingerprint density at radius 1 is 1.05 bits per heavy atom. The van der Waals surface area contributed by atoms with Crippen LogP contribution in [0.4, 0.5) is 0 Å². The Labute approximate surface area is 230 Å². The maximum Gasteiger partial charge on any atom is 0.254 e. The Hall–Kier alpha value is -4.86. The van der Waals surface area contributed by atoms with Gasteiger partial charge in [-0.2, -0.15) is 15.4 Å². The summed E-state index contributed by atoms with van der Waals surface area (Å²) in [6.07, 6.45) is 1.88. The number of nitrogens with zero attached hydrogens (tertiary/aromatic N) is 3. The minimum atomic E-state index is -0.250. The minimum absolute atomic E-state index is 0.0603. The number of ether oxygens (including phenoxy) is 2. The minimum Gasteiger partial charge on any atom is -0.493 e. The van der Waals surface area contributed by atoms with Gasteiger partial charge in [0.15, 0.2) is 11.5 Å². The van der Waals surface area contributed by atoms with Gasteiger partial charge in [-0.15, -0.1) is 0 Å². The number of carbonyl (C=O) groups is 2. The summed E-state index contributed by atoms with van der Waals surface area (Å²) in [5.41, 5.74) is 6.11. The number of aromatic amines is 2. The van der Waals surface area contributed by atoms with E-state index >= 15 is 0 Å². The summed E-state index contributed by atoms with van der Waals surface area (Å²) in [7, 11) is 1.62. The van der Waals surface area contributed by atoms with E-state index in [1.165, 1.54) is 0 Å². The molecule has 204 valence electrons. The topological polar surface area (TPSA) is 125 Å². The molecule has 10 heteroatoms. The second-order valence-corrected chi connectivity index (χ2v) is 9.85. The van der Waals surface area contributed by atoms with E-state index in [-0.39, 0.29) is 18.4 Å². The number of rotatable bonds is 2. The van der Waals surface area contributed by atoms with E-state index in [1.807, 2.05) is 30.3 Å².